The zero-order valence-corrected chi connectivity index (χ0v) is 14.3. The number of carboxylic acid groups (broad SMARTS) is 1. The van der Waals surface area contributed by atoms with Gasteiger partial charge in [-0.15, -0.1) is 0 Å². The Morgan fingerprint density at radius 1 is 0.923 bits per heavy atom. The molecule has 0 bridgehead atoms. The molecule has 0 aromatic heterocycles. The highest BCUT2D eigenvalue weighted by Crippen LogP contribution is 2.13. The number of nitrogens with one attached hydrogen (secondary N) is 2. The second-order valence-corrected chi connectivity index (χ2v) is 5.49. The molecule has 0 aliphatic rings. The Bertz CT molecular complexity index is 787. The van der Waals surface area contributed by atoms with Crippen molar-refractivity contribution >= 4 is 17.8 Å². The molecule has 0 saturated carbocycles. The van der Waals surface area contributed by atoms with Crippen molar-refractivity contribution in [3.05, 3.63) is 65.2 Å². The summed E-state index contributed by atoms with van der Waals surface area (Å²) in [6.45, 7) is 2.68. The third kappa shape index (κ3) is 5.07. The molecule has 0 aliphatic heterocycles. The molecule has 7 nitrogen and oxygen atoms in total. The molecule has 0 saturated heterocycles. The summed E-state index contributed by atoms with van der Waals surface area (Å²) in [6.07, 6.45) is 1.98. The topological polar surface area (TPSA) is 105 Å². The van der Waals surface area contributed by atoms with Crippen LogP contribution in [0.15, 0.2) is 48.5 Å². The smallest absolute Gasteiger partial charge is 0.336 e. The van der Waals surface area contributed by atoms with E-state index in [2.05, 4.69) is 17.8 Å². The Kier molecular flexibility index (Phi) is 6.73. The average Bonchev–Trinajstić information content (AvgIpc) is 2.66. The molecule has 26 heavy (non-hydrogen) atoms. The number of unbranched alkanes of at least 4 members (excludes halogenated alkanes) is 1. The molecule has 2 aromatic rings. The van der Waals surface area contributed by atoms with Crippen molar-refractivity contribution in [3.63, 3.8) is 0 Å². The first-order valence-corrected chi connectivity index (χ1v) is 8.18. The Balaban J connectivity index is 1.94. The van der Waals surface area contributed by atoms with E-state index in [0.717, 1.165) is 12.8 Å². The molecule has 3 N–H and O–H groups in total. The fourth-order valence-electron chi connectivity index (χ4n) is 2.16. The number of hydrazine groups is 1. The molecule has 0 aliphatic carbocycles. The Hall–Kier alpha value is -3.35. The van der Waals surface area contributed by atoms with Crippen LogP contribution in [0.3, 0.4) is 0 Å². The van der Waals surface area contributed by atoms with Gasteiger partial charge in [0.25, 0.3) is 11.8 Å². The number of hydrogen-bond acceptors (Lipinski definition) is 4. The first-order chi connectivity index (χ1) is 12.5. The second kappa shape index (κ2) is 9.22. The number of benzene rings is 2. The van der Waals surface area contributed by atoms with Gasteiger partial charge in [-0.1, -0.05) is 25.5 Å². The van der Waals surface area contributed by atoms with Gasteiger partial charge in [-0.3, -0.25) is 20.4 Å². The maximum absolute atomic E-state index is 12.1. The molecule has 136 valence electrons. The van der Waals surface area contributed by atoms with Gasteiger partial charge in [-0.25, -0.2) is 4.79 Å². The van der Waals surface area contributed by atoms with E-state index in [0.29, 0.717) is 17.9 Å². The molecule has 0 heterocycles. The number of aromatic carboxylic acids is 1. The standard InChI is InChI=1S/C19H20N2O5/c1-2-3-12-26-14-10-8-13(9-11-14)17(22)20-21-18(23)15-6-4-5-7-16(15)19(24)25/h4-11H,2-3,12H2,1H3,(H,20,22)(H,21,23)(H,24,25). The van der Waals surface area contributed by atoms with E-state index in [1.165, 1.54) is 18.2 Å². The Morgan fingerprint density at radius 3 is 2.15 bits per heavy atom. The highest BCUT2D eigenvalue weighted by Gasteiger charge is 2.16. The van der Waals surface area contributed by atoms with Gasteiger partial charge in [0.15, 0.2) is 0 Å². The van der Waals surface area contributed by atoms with Crippen LogP contribution in [-0.4, -0.2) is 29.5 Å². The van der Waals surface area contributed by atoms with Crippen LogP contribution in [-0.2, 0) is 0 Å². The second-order valence-electron chi connectivity index (χ2n) is 5.49. The van der Waals surface area contributed by atoms with Crippen LogP contribution < -0.4 is 15.6 Å². The highest BCUT2D eigenvalue weighted by molar-refractivity contribution is 6.05. The van der Waals surface area contributed by atoms with Gasteiger partial charge in [-0.05, 0) is 42.8 Å². The lowest BCUT2D eigenvalue weighted by atomic mass is 10.1. The van der Waals surface area contributed by atoms with Crippen molar-refractivity contribution in [2.75, 3.05) is 6.61 Å². The highest BCUT2D eigenvalue weighted by atomic mass is 16.5. The number of carbonyl (C=O) groups is 3. The molecule has 7 heteroatoms. The van der Waals surface area contributed by atoms with E-state index >= 15 is 0 Å². The first kappa shape index (κ1) is 19.0. The number of ether oxygens (including phenoxy) is 1. The van der Waals surface area contributed by atoms with Crippen LogP contribution >= 0.6 is 0 Å². The fraction of sp³-hybridized carbons (Fsp3) is 0.211. The summed E-state index contributed by atoms with van der Waals surface area (Å²) >= 11 is 0. The molecule has 2 amide bonds. The van der Waals surface area contributed by atoms with Crippen molar-refractivity contribution in [1.82, 2.24) is 10.9 Å². The van der Waals surface area contributed by atoms with Crippen LogP contribution in [0, 0.1) is 0 Å². The SMILES string of the molecule is CCCCOc1ccc(C(=O)NNC(=O)c2ccccc2C(=O)O)cc1. The van der Waals surface area contributed by atoms with Gasteiger partial charge < -0.3 is 9.84 Å². The minimum absolute atomic E-state index is 0.0417. The van der Waals surface area contributed by atoms with Crippen molar-refractivity contribution in [2.45, 2.75) is 19.8 Å². The zero-order chi connectivity index (χ0) is 18.9. The van der Waals surface area contributed by atoms with E-state index in [1.807, 2.05) is 0 Å². The number of carbonyl (C=O) groups excluding carboxylic acids is 2. The predicted molar refractivity (Wildman–Crippen MR) is 95.2 cm³/mol. The van der Waals surface area contributed by atoms with Crippen molar-refractivity contribution in [1.29, 1.82) is 0 Å². The van der Waals surface area contributed by atoms with Crippen LogP contribution in [0.25, 0.3) is 0 Å². The summed E-state index contributed by atoms with van der Waals surface area (Å²) in [4.78, 5) is 35.3. The predicted octanol–water partition coefficient (Wildman–Crippen LogP) is 2.64. The van der Waals surface area contributed by atoms with Crippen molar-refractivity contribution in [2.24, 2.45) is 0 Å². The van der Waals surface area contributed by atoms with E-state index in [-0.39, 0.29) is 11.1 Å². The monoisotopic (exact) mass is 356 g/mol. The van der Waals surface area contributed by atoms with Gasteiger partial charge in [0, 0.05) is 5.56 Å². The maximum atomic E-state index is 12.1. The third-order valence-electron chi connectivity index (χ3n) is 3.57. The molecule has 0 spiro atoms. The normalized spacial score (nSPS) is 10.0. The van der Waals surface area contributed by atoms with Crippen LogP contribution in [0.4, 0.5) is 0 Å². The summed E-state index contributed by atoms with van der Waals surface area (Å²) in [5.74, 6) is -1.79. The molecular formula is C19H20N2O5. The average molecular weight is 356 g/mol. The largest absolute Gasteiger partial charge is 0.494 e. The van der Waals surface area contributed by atoms with Gasteiger partial charge in [-0.2, -0.15) is 0 Å². The lowest BCUT2D eigenvalue weighted by Crippen LogP contribution is -2.42. The molecule has 2 aromatic carbocycles. The fourth-order valence-corrected chi connectivity index (χ4v) is 2.16. The van der Waals surface area contributed by atoms with Gasteiger partial charge in [0.05, 0.1) is 17.7 Å². The minimum atomic E-state index is -1.22. The van der Waals surface area contributed by atoms with E-state index in [9.17, 15) is 14.4 Å². The molecule has 2 rings (SSSR count). The van der Waals surface area contributed by atoms with E-state index < -0.39 is 17.8 Å². The molecular weight excluding hydrogens is 336 g/mol. The summed E-state index contributed by atoms with van der Waals surface area (Å²) in [7, 11) is 0. The summed E-state index contributed by atoms with van der Waals surface area (Å²) < 4.78 is 5.52. The van der Waals surface area contributed by atoms with Crippen molar-refractivity contribution in [3.8, 4) is 5.75 Å². The quantitative estimate of drug-likeness (QED) is 0.522. The van der Waals surface area contributed by atoms with Crippen LogP contribution in [0.2, 0.25) is 0 Å². The Labute approximate surface area is 151 Å². The number of carboxylic acids is 1. The van der Waals surface area contributed by atoms with Crippen molar-refractivity contribution < 1.29 is 24.2 Å². The number of hydrogen-bond donors (Lipinski definition) is 3. The molecule has 0 unspecified atom stereocenters. The van der Waals surface area contributed by atoms with Gasteiger partial charge >= 0.3 is 5.97 Å². The zero-order valence-electron chi connectivity index (χ0n) is 14.3. The summed E-state index contributed by atoms with van der Waals surface area (Å²) in [5.41, 5.74) is 4.62. The maximum Gasteiger partial charge on any atom is 0.336 e. The lowest BCUT2D eigenvalue weighted by molar-refractivity contribution is 0.0690. The van der Waals surface area contributed by atoms with Crippen LogP contribution in [0.5, 0.6) is 5.75 Å². The number of amides is 2. The van der Waals surface area contributed by atoms with E-state index in [4.69, 9.17) is 9.84 Å². The third-order valence-corrected chi connectivity index (χ3v) is 3.57. The minimum Gasteiger partial charge on any atom is -0.494 e. The summed E-state index contributed by atoms with van der Waals surface area (Å²) in [5, 5.41) is 9.09. The lowest BCUT2D eigenvalue weighted by Gasteiger charge is -2.10. The van der Waals surface area contributed by atoms with E-state index in [1.54, 1.807) is 30.3 Å². The first-order valence-electron chi connectivity index (χ1n) is 8.18. The number of rotatable bonds is 7. The summed E-state index contributed by atoms with van der Waals surface area (Å²) in [6, 6.07) is 12.2. The molecule has 0 radical (unpaired) electrons. The van der Waals surface area contributed by atoms with Crippen LogP contribution in [0.1, 0.15) is 50.8 Å². The van der Waals surface area contributed by atoms with Gasteiger partial charge in [0.1, 0.15) is 5.75 Å². The molecule has 0 fully saturated rings. The van der Waals surface area contributed by atoms with Gasteiger partial charge in [0.2, 0.25) is 0 Å². The Morgan fingerprint density at radius 2 is 1.54 bits per heavy atom. The molecule has 0 atom stereocenters.